The summed E-state index contributed by atoms with van der Waals surface area (Å²) in [7, 11) is 0. The van der Waals surface area contributed by atoms with Crippen LogP contribution >= 0.6 is 11.6 Å². The minimum atomic E-state index is -4.64. The number of carboxylic acid groups (broad SMARTS) is 1. The maximum absolute atomic E-state index is 13.5. The first-order chi connectivity index (χ1) is 12.3. The van der Waals surface area contributed by atoms with Crippen molar-refractivity contribution in [1.29, 1.82) is 0 Å². The van der Waals surface area contributed by atoms with Gasteiger partial charge in [-0.2, -0.15) is 13.2 Å². The molecule has 1 aromatic carbocycles. The van der Waals surface area contributed by atoms with Gasteiger partial charge in [-0.15, -0.1) is 0 Å². The zero-order valence-electron chi connectivity index (χ0n) is 13.5. The minimum Gasteiger partial charge on any atom is -0.465 e. The van der Waals surface area contributed by atoms with Gasteiger partial charge in [0, 0.05) is 31.7 Å². The van der Waals surface area contributed by atoms with Gasteiger partial charge in [0.15, 0.2) is 0 Å². The van der Waals surface area contributed by atoms with Crippen molar-refractivity contribution in [2.45, 2.75) is 6.18 Å². The third-order valence-electron chi connectivity index (χ3n) is 4.20. The molecule has 9 heteroatoms. The molecule has 1 aromatic heterocycles. The number of hydrogen-bond donors (Lipinski definition) is 1. The maximum atomic E-state index is 13.5. The topological polar surface area (TPSA) is 56.7 Å². The predicted molar refractivity (Wildman–Crippen MR) is 91.5 cm³/mol. The van der Waals surface area contributed by atoms with E-state index < -0.39 is 23.0 Å². The Hall–Kier alpha value is -2.48. The Bertz CT molecular complexity index is 807. The Balaban J connectivity index is 2.02. The molecule has 1 aliphatic rings. The lowest BCUT2D eigenvalue weighted by molar-refractivity contribution is -0.137. The molecule has 1 saturated heterocycles. The normalized spacial score (nSPS) is 15.2. The summed E-state index contributed by atoms with van der Waals surface area (Å²) < 4.78 is 40.5. The second-order valence-electron chi connectivity index (χ2n) is 5.81. The van der Waals surface area contributed by atoms with Crippen LogP contribution in [0.5, 0.6) is 0 Å². The number of carbonyl (C=O) groups is 1. The molecule has 1 N–H and O–H groups in total. The highest BCUT2D eigenvalue weighted by Crippen LogP contribution is 2.42. The first-order valence-corrected chi connectivity index (χ1v) is 8.21. The van der Waals surface area contributed by atoms with Crippen LogP contribution in [0.1, 0.15) is 5.56 Å². The molecule has 0 unspecified atom stereocenters. The fourth-order valence-corrected chi connectivity index (χ4v) is 3.20. The van der Waals surface area contributed by atoms with Crippen molar-refractivity contribution < 1.29 is 23.1 Å². The van der Waals surface area contributed by atoms with E-state index >= 15 is 0 Å². The van der Waals surface area contributed by atoms with Crippen LogP contribution in [-0.2, 0) is 6.18 Å². The highest BCUT2D eigenvalue weighted by atomic mass is 35.5. The van der Waals surface area contributed by atoms with Gasteiger partial charge in [0.25, 0.3) is 0 Å². The summed E-state index contributed by atoms with van der Waals surface area (Å²) in [5, 5.41) is 8.39. The third kappa shape index (κ3) is 3.70. The number of nitrogens with zero attached hydrogens (tertiary/aromatic N) is 3. The number of anilines is 1. The van der Waals surface area contributed by atoms with Crippen molar-refractivity contribution in [3.63, 3.8) is 0 Å². The summed E-state index contributed by atoms with van der Waals surface area (Å²) in [6.45, 7) is 1.15. The van der Waals surface area contributed by atoms with E-state index in [0.717, 1.165) is 0 Å². The van der Waals surface area contributed by atoms with Crippen LogP contribution in [0.15, 0.2) is 36.4 Å². The molecule has 0 saturated carbocycles. The van der Waals surface area contributed by atoms with Crippen molar-refractivity contribution in [2.24, 2.45) is 0 Å². The molecule has 1 amide bonds. The van der Waals surface area contributed by atoms with Crippen molar-refractivity contribution in [3.05, 3.63) is 47.1 Å². The highest BCUT2D eigenvalue weighted by molar-refractivity contribution is 6.30. The lowest BCUT2D eigenvalue weighted by Crippen LogP contribution is -2.48. The quantitative estimate of drug-likeness (QED) is 0.786. The Morgan fingerprint density at radius 1 is 1.12 bits per heavy atom. The van der Waals surface area contributed by atoms with E-state index in [-0.39, 0.29) is 18.7 Å². The van der Waals surface area contributed by atoms with Crippen LogP contribution in [0.2, 0.25) is 5.15 Å². The Morgan fingerprint density at radius 2 is 1.73 bits per heavy atom. The number of alkyl halides is 3. The van der Waals surface area contributed by atoms with Gasteiger partial charge in [-0.1, -0.05) is 41.9 Å². The zero-order chi connectivity index (χ0) is 18.9. The second-order valence-corrected chi connectivity index (χ2v) is 6.17. The molecule has 1 fully saturated rings. The number of rotatable bonds is 2. The van der Waals surface area contributed by atoms with Crippen molar-refractivity contribution in [3.8, 4) is 11.1 Å². The van der Waals surface area contributed by atoms with Gasteiger partial charge in [-0.05, 0) is 11.6 Å². The average molecular weight is 386 g/mol. The average Bonchev–Trinajstić information content (AvgIpc) is 2.60. The fourth-order valence-electron chi connectivity index (χ4n) is 2.91. The smallest absolute Gasteiger partial charge is 0.419 e. The largest absolute Gasteiger partial charge is 0.465 e. The molecule has 26 heavy (non-hydrogen) atoms. The standard InChI is InChI=1S/C17H15ClF3N3O2/c18-15-14(17(19,20)21)12(11-4-2-1-3-5-11)10-13(22-15)23-6-8-24(9-7-23)16(25)26/h1-5,10H,6-9H2,(H,25,26). The number of pyridine rings is 1. The third-order valence-corrected chi connectivity index (χ3v) is 4.48. The number of hydrogen-bond acceptors (Lipinski definition) is 3. The minimum absolute atomic E-state index is 0.0474. The predicted octanol–water partition coefficient (Wildman–Crippen LogP) is 4.22. The summed E-state index contributed by atoms with van der Waals surface area (Å²) in [6.07, 6.45) is -5.66. The molecule has 2 heterocycles. The molecule has 3 rings (SSSR count). The number of benzene rings is 1. The molecule has 0 spiro atoms. The summed E-state index contributed by atoms with van der Waals surface area (Å²) in [5.74, 6) is 0.298. The fraction of sp³-hybridized carbons (Fsp3) is 0.294. The number of halogens is 4. The van der Waals surface area contributed by atoms with E-state index in [1.165, 1.54) is 11.0 Å². The van der Waals surface area contributed by atoms with Gasteiger partial charge in [0.2, 0.25) is 0 Å². The first-order valence-electron chi connectivity index (χ1n) is 7.83. The van der Waals surface area contributed by atoms with E-state index in [1.54, 1.807) is 35.2 Å². The molecular formula is C17H15ClF3N3O2. The van der Waals surface area contributed by atoms with Crippen LogP contribution in [0.4, 0.5) is 23.8 Å². The molecule has 0 radical (unpaired) electrons. The van der Waals surface area contributed by atoms with Gasteiger partial charge >= 0.3 is 12.3 Å². The van der Waals surface area contributed by atoms with Gasteiger partial charge in [-0.3, -0.25) is 0 Å². The molecule has 0 bridgehead atoms. The second kappa shape index (κ2) is 7.03. The molecule has 138 valence electrons. The molecule has 1 aliphatic heterocycles. The number of piperazine rings is 1. The van der Waals surface area contributed by atoms with Crippen molar-refractivity contribution in [2.75, 3.05) is 31.1 Å². The van der Waals surface area contributed by atoms with Crippen LogP contribution in [0, 0.1) is 0 Å². The molecule has 0 atom stereocenters. The summed E-state index contributed by atoms with van der Waals surface area (Å²) in [6, 6.07) is 9.52. The number of aromatic nitrogens is 1. The van der Waals surface area contributed by atoms with E-state index in [0.29, 0.717) is 24.5 Å². The van der Waals surface area contributed by atoms with E-state index in [4.69, 9.17) is 16.7 Å². The SMILES string of the molecule is O=C(O)N1CCN(c2cc(-c3ccccc3)c(C(F)(F)F)c(Cl)n2)CC1. The van der Waals surface area contributed by atoms with Crippen LogP contribution in [0.3, 0.4) is 0 Å². The monoisotopic (exact) mass is 385 g/mol. The summed E-state index contributed by atoms with van der Waals surface area (Å²) in [5.41, 5.74) is -0.637. The molecular weight excluding hydrogens is 371 g/mol. The van der Waals surface area contributed by atoms with E-state index in [1.807, 2.05) is 0 Å². The first kappa shape index (κ1) is 18.3. The Kier molecular flexibility index (Phi) is 4.95. The summed E-state index contributed by atoms with van der Waals surface area (Å²) >= 11 is 5.91. The lowest BCUT2D eigenvalue weighted by Gasteiger charge is -2.34. The van der Waals surface area contributed by atoms with Gasteiger partial charge in [0.1, 0.15) is 16.5 Å². The van der Waals surface area contributed by atoms with Gasteiger partial charge in [-0.25, -0.2) is 9.78 Å². The lowest BCUT2D eigenvalue weighted by atomic mass is 10.0. The summed E-state index contributed by atoms with van der Waals surface area (Å²) in [4.78, 5) is 17.9. The van der Waals surface area contributed by atoms with Crippen LogP contribution in [-0.4, -0.2) is 47.3 Å². The van der Waals surface area contributed by atoms with E-state index in [2.05, 4.69) is 4.98 Å². The maximum Gasteiger partial charge on any atom is 0.419 e. The number of amides is 1. The van der Waals surface area contributed by atoms with Crippen LogP contribution < -0.4 is 4.90 Å². The van der Waals surface area contributed by atoms with Crippen molar-refractivity contribution in [1.82, 2.24) is 9.88 Å². The van der Waals surface area contributed by atoms with E-state index in [9.17, 15) is 18.0 Å². The van der Waals surface area contributed by atoms with Crippen molar-refractivity contribution >= 4 is 23.5 Å². The van der Waals surface area contributed by atoms with Crippen LogP contribution in [0.25, 0.3) is 11.1 Å². The zero-order valence-corrected chi connectivity index (χ0v) is 14.3. The molecule has 5 nitrogen and oxygen atoms in total. The molecule has 2 aromatic rings. The van der Waals surface area contributed by atoms with Gasteiger partial charge in [0.05, 0.1) is 0 Å². The molecule has 0 aliphatic carbocycles. The Labute approximate surface area is 152 Å². The van der Waals surface area contributed by atoms with Gasteiger partial charge < -0.3 is 14.9 Å². The highest BCUT2D eigenvalue weighted by Gasteiger charge is 2.38. The Morgan fingerprint density at radius 3 is 2.27 bits per heavy atom.